The second-order valence-electron chi connectivity index (χ2n) is 4.53. The maximum Gasteiger partial charge on any atom is 0.288 e. The van der Waals surface area contributed by atoms with Crippen LogP contribution in [-0.4, -0.2) is 27.3 Å². The first-order chi connectivity index (χ1) is 10.1. The molecular formula is C14H17F2N3OS. The molecule has 2 aromatic rings. The third-order valence-electron chi connectivity index (χ3n) is 2.95. The second kappa shape index (κ2) is 7.42. The van der Waals surface area contributed by atoms with Gasteiger partial charge in [-0.3, -0.25) is 4.68 Å². The summed E-state index contributed by atoms with van der Waals surface area (Å²) >= 11 is 0.541. The van der Waals surface area contributed by atoms with Crippen molar-refractivity contribution in [2.75, 3.05) is 11.9 Å². The van der Waals surface area contributed by atoms with Crippen molar-refractivity contribution in [3.05, 3.63) is 42.2 Å². The van der Waals surface area contributed by atoms with Crippen molar-refractivity contribution >= 4 is 17.4 Å². The number of aliphatic hydroxyl groups is 1. The smallest absolute Gasteiger partial charge is 0.288 e. The lowest BCUT2D eigenvalue weighted by molar-refractivity contribution is 0.252. The molecule has 0 aliphatic carbocycles. The molecule has 0 saturated carbocycles. The summed E-state index contributed by atoms with van der Waals surface area (Å²) in [6.07, 6.45) is 3.50. The Morgan fingerprint density at radius 2 is 2.05 bits per heavy atom. The summed E-state index contributed by atoms with van der Waals surface area (Å²) in [5, 5.41) is 16.2. The van der Waals surface area contributed by atoms with Crippen molar-refractivity contribution in [3.63, 3.8) is 0 Å². The highest BCUT2D eigenvalue weighted by atomic mass is 32.2. The lowest BCUT2D eigenvalue weighted by atomic mass is 10.1. The van der Waals surface area contributed by atoms with Gasteiger partial charge in [-0.1, -0.05) is 23.9 Å². The quantitative estimate of drug-likeness (QED) is 0.770. The fourth-order valence-electron chi connectivity index (χ4n) is 1.93. The molecule has 0 aliphatic rings. The van der Waals surface area contributed by atoms with E-state index in [4.69, 9.17) is 5.11 Å². The van der Waals surface area contributed by atoms with E-state index in [1.807, 2.05) is 25.3 Å². The molecule has 0 saturated heterocycles. The summed E-state index contributed by atoms with van der Waals surface area (Å²) in [7, 11) is 0. The number of benzene rings is 1. The molecule has 21 heavy (non-hydrogen) atoms. The molecule has 1 aromatic heterocycles. The van der Waals surface area contributed by atoms with E-state index in [1.165, 1.54) is 0 Å². The van der Waals surface area contributed by atoms with Gasteiger partial charge in [-0.05, 0) is 24.6 Å². The maximum absolute atomic E-state index is 12.3. The number of rotatable bonds is 7. The normalized spacial score (nSPS) is 12.6. The molecule has 0 spiro atoms. The van der Waals surface area contributed by atoms with Crippen LogP contribution in [0.1, 0.15) is 18.5 Å². The van der Waals surface area contributed by atoms with Crippen molar-refractivity contribution in [2.45, 2.75) is 30.2 Å². The van der Waals surface area contributed by atoms with Crippen LogP contribution >= 0.6 is 11.8 Å². The summed E-state index contributed by atoms with van der Waals surface area (Å²) in [4.78, 5) is 0.553. The van der Waals surface area contributed by atoms with Crippen molar-refractivity contribution < 1.29 is 13.9 Å². The lowest BCUT2D eigenvalue weighted by Gasteiger charge is -2.14. The van der Waals surface area contributed by atoms with Crippen LogP contribution in [-0.2, 0) is 6.54 Å². The zero-order chi connectivity index (χ0) is 15.2. The van der Waals surface area contributed by atoms with Gasteiger partial charge < -0.3 is 10.4 Å². The van der Waals surface area contributed by atoms with Crippen LogP contribution in [0.2, 0.25) is 0 Å². The van der Waals surface area contributed by atoms with E-state index in [0.29, 0.717) is 23.2 Å². The highest BCUT2D eigenvalue weighted by molar-refractivity contribution is 7.99. The fourth-order valence-corrected chi connectivity index (χ4v) is 2.43. The number of aliphatic hydroxyl groups excluding tert-OH is 1. The molecule has 0 radical (unpaired) electrons. The van der Waals surface area contributed by atoms with Crippen molar-refractivity contribution in [1.82, 2.24) is 9.78 Å². The van der Waals surface area contributed by atoms with E-state index < -0.39 is 5.76 Å². The topological polar surface area (TPSA) is 50.1 Å². The Labute approximate surface area is 126 Å². The molecule has 2 rings (SSSR count). The predicted octanol–water partition coefficient (Wildman–Crippen LogP) is 3.36. The molecule has 1 heterocycles. The third-order valence-corrected chi connectivity index (χ3v) is 3.67. The van der Waals surface area contributed by atoms with Gasteiger partial charge in [0.1, 0.15) is 0 Å². The summed E-state index contributed by atoms with van der Waals surface area (Å²) in [5.74, 6) is -2.40. The van der Waals surface area contributed by atoms with Crippen LogP contribution < -0.4 is 5.32 Å². The molecule has 0 amide bonds. The Morgan fingerprint density at radius 1 is 1.33 bits per heavy atom. The van der Waals surface area contributed by atoms with Gasteiger partial charge in [-0.25, -0.2) is 0 Å². The molecular weight excluding hydrogens is 296 g/mol. The van der Waals surface area contributed by atoms with E-state index >= 15 is 0 Å². The number of anilines is 1. The minimum atomic E-state index is -2.40. The zero-order valence-corrected chi connectivity index (χ0v) is 12.4. The van der Waals surface area contributed by atoms with Crippen molar-refractivity contribution in [1.29, 1.82) is 0 Å². The van der Waals surface area contributed by atoms with Crippen LogP contribution in [0.5, 0.6) is 0 Å². The van der Waals surface area contributed by atoms with Crippen LogP contribution in [0.15, 0.2) is 41.6 Å². The number of halogens is 2. The number of thioether (sulfide) groups is 1. The van der Waals surface area contributed by atoms with Crippen molar-refractivity contribution in [2.24, 2.45) is 0 Å². The first kappa shape index (κ1) is 15.8. The van der Waals surface area contributed by atoms with Gasteiger partial charge in [0, 0.05) is 17.1 Å². The minimum absolute atomic E-state index is 0.0300. The Morgan fingerprint density at radius 3 is 2.67 bits per heavy atom. The molecule has 1 unspecified atom stereocenters. The Hall–Kier alpha value is -1.60. The predicted molar refractivity (Wildman–Crippen MR) is 79.7 cm³/mol. The fraction of sp³-hybridized carbons (Fsp3) is 0.357. The number of nitrogens with zero attached hydrogens (tertiary/aromatic N) is 2. The summed E-state index contributed by atoms with van der Waals surface area (Å²) in [6, 6.07) is 7.09. The lowest BCUT2D eigenvalue weighted by Crippen LogP contribution is -2.06. The van der Waals surface area contributed by atoms with Crippen LogP contribution in [0.4, 0.5) is 14.5 Å². The molecule has 0 fully saturated rings. The highest BCUT2D eigenvalue weighted by Gasteiger charge is 2.09. The zero-order valence-electron chi connectivity index (χ0n) is 11.5. The molecule has 2 N–H and O–H groups in total. The molecule has 1 aromatic carbocycles. The van der Waals surface area contributed by atoms with E-state index in [2.05, 4.69) is 10.4 Å². The molecule has 1 atom stereocenters. The Kier molecular flexibility index (Phi) is 5.58. The van der Waals surface area contributed by atoms with Gasteiger partial charge in [-0.2, -0.15) is 13.9 Å². The highest BCUT2D eigenvalue weighted by Crippen LogP contribution is 2.27. The van der Waals surface area contributed by atoms with Gasteiger partial charge in [-0.15, -0.1) is 0 Å². The summed E-state index contributed by atoms with van der Waals surface area (Å²) in [6.45, 7) is 2.48. The molecule has 0 bridgehead atoms. The van der Waals surface area contributed by atoms with Crippen LogP contribution in [0.25, 0.3) is 0 Å². The first-order valence-electron chi connectivity index (χ1n) is 6.53. The van der Waals surface area contributed by atoms with Gasteiger partial charge in [0.2, 0.25) is 0 Å². The van der Waals surface area contributed by atoms with Crippen molar-refractivity contribution in [3.8, 4) is 0 Å². The molecule has 4 nitrogen and oxygen atoms in total. The Bertz CT molecular complexity index is 560. The van der Waals surface area contributed by atoms with Gasteiger partial charge in [0.25, 0.3) is 5.76 Å². The van der Waals surface area contributed by atoms with Gasteiger partial charge in [0.05, 0.1) is 25.0 Å². The number of hydrogen-bond donors (Lipinski definition) is 2. The number of nitrogens with one attached hydrogen (secondary N) is 1. The van der Waals surface area contributed by atoms with Gasteiger partial charge in [0.15, 0.2) is 0 Å². The third kappa shape index (κ3) is 4.71. The standard InChI is InChI=1S/C14H17F2N3OS/c1-10(18-12-8-17-19(9-12)6-7-20)11-2-4-13(5-3-11)21-14(15)16/h2-5,8-10,14,18,20H,6-7H2,1H3. The largest absolute Gasteiger partial charge is 0.394 e. The number of hydrogen-bond acceptors (Lipinski definition) is 4. The number of alkyl halides is 2. The molecule has 0 aliphatic heterocycles. The van der Waals surface area contributed by atoms with E-state index in [-0.39, 0.29) is 12.6 Å². The monoisotopic (exact) mass is 313 g/mol. The molecule has 7 heteroatoms. The van der Waals surface area contributed by atoms with E-state index in [0.717, 1.165) is 11.3 Å². The second-order valence-corrected chi connectivity index (χ2v) is 5.59. The van der Waals surface area contributed by atoms with Gasteiger partial charge >= 0.3 is 0 Å². The van der Waals surface area contributed by atoms with E-state index in [9.17, 15) is 8.78 Å². The van der Waals surface area contributed by atoms with Crippen LogP contribution in [0.3, 0.4) is 0 Å². The Balaban J connectivity index is 1.97. The maximum atomic E-state index is 12.3. The van der Waals surface area contributed by atoms with E-state index in [1.54, 1.807) is 23.0 Å². The SMILES string of the molecule is CC(Nc1cnn(CCO)c1)c1ccc(SC(F)F)cc1. The number of aromatic nitrogens is 2. The average molecular weight is 313 g/mol. The minimum Gasteiger partial charge on any atom is -0.394 e. The molecule has 114 valence electrons. The van der Waals surface area contributed by atoms with Crippen LogP contribution in [0, 0.1) is 0 Å². The average Bonchev–Trinajstić information content (AvgIpc) is 2.86. The first-order valence-corrected chi connectivity index (χ1v) is 7.41. The summed E-state index contributed by atoms with van der Waals surface area (Å²) < 4.78 is 26.2. The summed E-state index contributed by atoms with van der Waals surface area (Å²) in [5.41, 5.74) is 1.85.